The minimum atomic E-state index is -0.811. The second kappa shape index (κ2) is 8.05. The zero-order valence-electron chi connectivity index (χ0n) is 11.7. The second-order valence-corrected chi connectivity index (χ2v) is 6.85. The van der Waals surface area contributed by atoms with Gasteiger partial charge in [0, 0.05) is 10.6 Å². The molecule has 1 N–H and O–H groups in total. The van der Waals surface area contributed by atoms with Gasteiger partial charge in [-0.1, -0.05) is 30.0 Å². The highest BCUT2D eigenvalue weighted by Gasteiger charge is 2.11. The van der Waals surface area contributed by atoms with E-state index in [1.54, 1.807) is 11.8 Å². The lowest BCUT2D eigenvalue weighted by Gasteiger charge is -2.04. The average molecular weight is 323 g/mol. The van der Waals surface area contributed by atoms with Crippen molar-refractivity contribution in [2.75, 3.05) is 12.4 Å². The van der Waals surface area contributed by atoms with E-state index in [2.05, 4.69) is 4.98 Å². The van der Waals surface area contributed by atoms with Gasteiger partial charge in [-0.2, -0.15) is 0 Å². The van der Waals surface area contributed by atoms with Gasteiger partial charge < -0.3 is 9.84 Å². The van der Waals surface area contributed by atoms with Crippen molar-refractivity contribution in [3.05, 3.63) is 40.9 Å². The first-order valence-electron chi connectivity index (χ1n) is 6.64. The Morgan fingerprint density at radius 3 is 2.86 bits per heavy atom. The fraction of sp³-hybridized carbons (Fsp3) is 0.333. The molecular formula is C15H17NO3S2. The summed E-state index contributed by atoms with van der Waals surface area (Å²) in [6.07, 6.45) is 0.980. The number of aromatic nitrogens is 1. The molecule has 0 fully saturated rings. The van der Waals surface area contributed by atoms with Crippen molar-refractivity contribution in [3.8, 4) is 5.75 Å². The number of hydrogen-bond acceptors (Lipinski definition) is 5. The molecule has 1 aromatic heterocycles. The third-order valence-electron chi connectivity index (χ3n) is 2.71. The summed E-state index contributed by atoms with van der Waals surface area (Å²) >= 11 is 3.12. The molecule has 0 radical (unpaired) electrons. The molecule has 0 bridgehead atoms. The number of carboxylic acids is 1. The van der Waals surface area contributed by atoms with Crippen molar-refractivity contribution < 1.29 is 14.6 Å². The number of rotatable bonds is 8. The summed E-state index contributed by atoms with van der Waals surface area (Å²) in [5.74, 6) is 0.984. The van der Waals surface area contributed by atoms with Crippen LogP contribution < -0.4 is 4.74 Å². The molecule has 0 aliphatic heterocycles. The minimum Gasteiger partial charge on any atom is -0.494 e. The summed E-state index contributed by atoms with van der Waals surface area (Å²) < 4.78 is 6.55. The Hall–Kier alpha value is -1.53. The van der Waals surface area contributed by atoms with Crippen LogP contribution in [0.3, 0.4) is 0 Å². The lowest BCUT2D eigenvalue weighted by Crippen LogP contribution is -1.99. The predicted molar refractivity (Wildman–Crippen MR) is 85.5 cm³/mol. The van der Waals surface area contributed by atoms with Crippen LogP contribution in [0.5, 0.6) is 5.75 Å². The molecule has 0 unspecified atom stereocenters. The molecule has 0 aliphatic rings. The van der Waals surface area contributed by atoms with Gasteiger partial charge in [0.05, 0.1) is 18.7 Å². The smallest absolute Gasteiger partial charge is 0.308 e. The van der Waals surface area contributed by atoms with Gasteiger partial charge in [-0.3, -0.25) is 4.79 Å². The average Bonchev–Trinajstić information content (AvgIpc) is 2.79. The maximum absolute atomic E-state index is 10.7. The SMILES string of the molecule is Cc1nc(SCCCOc2ccccc2)sc1CC(=O)O. The fourth-order valence-corrected chi connectivity index (χ4v) is 3.90. The number of nitrogens with zero attached hydrogens (tertiary/aromatic N) is 1. The molecule has 0 saturated heterocycles. The number of para-hydroxylation sites is 1. The Morgan fingerprint density at radius 1 is 1.38 bits per heavy atom. The van der Waals surface area contributed by atoms with Crippen LogP contribution in [0.1, 0.15) is 17.0 Å². The molecule has 0 atom stereocenters. The molecule has 1 aromatic carbocycles. The van der Waals surface area contributed by atoms with Crippen LogP contribution in [0.25, 0.3) is 0 Å². The second-order valence-electron chi connectivity index (χ2n) is 4.42. The Labute approximate surface area is 132 Å². The van der Waals surface area contributed by atoms with Gasteiger partial charge in [0.1, 0.15) is 10.1 Å². The molecule has 112 valence electrons. The topological polar surface area (TPSA) is 59.4 Å². The van der Waals surface area contributed by atoms with Crippen LogP contribution >= 0.6 is 23.1 Å². The van der Waals surface area contributed by atoms with Gasteiger partial charge in [0.15, 0.2) is 0 Å². The van der Waals surface area contributed by atoms with Gasteiger partial charge in [-0.15, -0.1) is 11.3 Å². The zero-order chi connectivity index (χ0) is 15.1. The van der Waals surface area contributed by atoms with E-state index in [1.807, 2.05) is 37.3 Å². The summed E-state index contributed by atoms with van der Waals surface area (Å²) in [7, 11) is 0. The van der Waals surface area contributed by atoms with Crippen LogP contribution in [0, 0.1) is 6.92 Å². The number of ether oxygens (including phenoxy) is 1. The molecule has 2 aromatic rings. The first-order chi connectivity index (χ1) is 10.1. The molecule has 0 saturated carbocycles. The molecule has 0 amide bonds. The monoisotopic (exact) mass is 323 g/mol. The van der Waals surface area contributed by atoms with E-state index in [1.165, 1.54) is 11.3 Å². The summed E-state index contributed by atoms with van der Waals surface area (Å²) in [6, 6.07) is 9.74. The zero-order valence-corrected chi connectivity index (χ0v) is 13.4. The molecule has 0 spiro atoms. The first kappa shape index (κ1) is 15.9. The van der Waals surface area contributed by atoms with Crippen molar-refractivity contribution in [1.29, 1.82) is 0 Å². The minimum absolute atomic E-state index is 0.0567. The number of aryl methyl sites for hydroxylation is 1. The van der Waals surface area contributed by atoms with Gasteiger partial charge in [-0.05, 0) is 25.5 Å². The van der Waals surface area contributed by atoms with E-state index in [4.69, 9.17) is 9.84 Å². The van der Waals surface area contributed by atoms with E-state index in [9.17, 15) is 4.79 Å². The van der Waals surface area contributed by atoms with E-state index < -0.39 is 5.97 Å². The van der Waals surface area contributed by atoms with Crippen molar-refractivity contribution >= 4 is 29.1 Å². The van der Waals surface area contributed by atoms with Crippen molar-refractivity contribution in [3.63, 3.8) is 0 Å². The van der Waals surface area contributed by atoms with Crippen molar-refractivity contribution in [1.82, 2.24) is 4.98 Å². The molecule has 6 heteroatoms. The lowest BCUT2D eigenvalue weighted by atomic mass is 10.3. The van der Waals surface area contributed by atoms with Crippen molar-refractivity contribution in [2.24, 2.45) is 0 Å². The van der Waals surface area contributed by atoms with Crippen LogP contribution in [0.4, 0.5) is 0 Å². The molecule has 0 aliphatic carbocycles. The van der Waals surface area contributed by atoms with E-state index in [-0.39, 0.29) is 6.42 Å². The Balaban J connectivity index is 1.70. The third kappa shape index (κ3) is 5.40. The number of aliphatic carboxylic acids is 1. The molecule has 1 heterocycles. The van der Waals surface area contributed by atoms with Crippen LogP contribution in [0.15, 0.2) is 34.7 Å². The Bertz CT molecular complexity index is 584. The highest BCUT2D eigenvalue weighted by atomic mass is 32.2. The number of carboxylic acid groups (broad SMARTS) is 1. The normalized spacial score (nSPS) is 10.5. The highest BCUT2D eigenvalue weighted by molar-refractivity contribution is 8.01. The molecular weight excluding hydrogens is 306 g/mol. The summed E-state index contributed by atoms with van der Waals surface area (Å²) in [5, 5.41) is 8.81. The van der Waals surface area contributed by atoms with Crippen LogP contribution in [-0.2, 0) is 11.2 Å². The molecule has 21 heavy (non-hydrogen) atoms. The number of carbonyl (C=O) groups is 1. The Morgan fingerprint density at radius 2 is 2.14 bits per heavy atom. The van der Waals surface area contributed by atoms with E-state index >= 15 is 0 Å². The molecule has 2 rings (SSSR count). The van der Waals surface area contributed by atoms with Crippen molar-refractivity contribution in [2.45, 2.75) is 24.1 Å². The quantitative estimate of drug-likeness (QED) is 0.594. The maximum Gasteiger partial charge on any atom is 0.308 e. The van der Waals surface area contributed by atoms with E-state index in [0.29, 0.717) is 6.61 Å². The largest absolute Gasteiger partial charge is 0.494 e. The standard InChI is InChI=1S/C15H17NO3S2/c1-11-13(10-14(17)18)21-15(16-11)20-9-5-8-19-12-6-3-2-4-7-12/h2-4,6-7H,5,8-10H2,1H3,(H,17,18). The van der Waals surface area contributed by atoms with Crippen LogP contribution in [0.2, 0.25) is 0 Å². The number of thioether (sulfide) groups is 1. The van der Waals surface area contributed by atoms with Gasteiger partial charge in [-0.25, -0.2) is 4.98 Å². The van der Waals surface area contributed by atoms with Crippen LogP contribution in [-0.4, -0.2) is 28.4 Å². The summed E-state index contributed by atoms with van der Waals surface area (Å²) in [5.41, 5.74) is 0.824. The summed E-state index contributed by atoms with van der Waals surface area (Å²) in [6.45, 7) is 2.53. The summed E-state index contributed by atoms with van der Waals surface area (Å²) in [4.78, 5) is 16.0. The number of thiazole rings is 1. The third-order valence-corrected chi connectivity index (χ3v) is 5.10. The first-order valence-corrected chi connectivity index (χ1v) is 8.44. The number of benzene rings is 1. The van der Waals surface area contributed by atoms with Gasteiger partial charge in [0.2, 0.25) is 0 Å². The lowest BCUT2D eigenvalue weighted by molar-refractivity contribution is -0.136. The van der Waals surface area contributed by atoms with Gasteiger partial charge in [0.25, 0.3) is 0 Å². The predicted octanol–water partition coefficient (Wildman–Crippen LogP) is 3.64. The molecule has 4 nitrogen and oxygen atoms in total. The highest BCUT2D eigenvalue weighted by Crippen LogP contribution is 2.28. The maximum atomic E-state index is 10.7. The van der Waals surface area contributed by atoms with E-state index in [0.717, 1.165) is 32.8 Å². The fourth-order valence-electron chi connectivity index (χ4n) is 1.69. The Kier molecular flexibility index (Phi) is 6.07. The number of hydrogen-bond donors (Lipinski definition) is 1. The van der Waals surface area contributed by atoms with Gasteiger partial charge >= 0.3 is 5.97 Å².